The predicted octanol–water partition coefficient (Wildman–Crippen LogP) is 7.29. The number of aryl methyl sites for hydroxylation is 1. The zero-order valence-electron chi connectivity index (χ0n) is 20.9. The summed E-state index contributed by atoms with van der Waals surface area (Å²) in [6, 6.07) is 5.35. The van der Waals surface area contributed by atoms with Gasteiger partial charge in [0, 0.05) is 6.04 Å². The van der Waals surface area contributed by atoms with Crippen molar-refractivity contribution in [2.45, 2.75) is 122 Å². The van der Waals surface area contributed by atoms with Gasteiger partial charge in [-0.15, -0.1) is 0 Å². The number of fused-ring (bicyclic) bond motifs is 3. The summed E-state index contributed by atoms with van der Waals surface area (Å²) in [6.07, 6.45) is 8.90. The molecule has 0 saturated carbocycles. The highest BCUT2D eigenvalue weighted by molar-refractivity contribution is 5.76. The minimum Gasteiger partial charge on any atom is -0.444 e. The molecule has 1 aromatic rings. The summed E-state index contributed by atoms with van der Waals surface area (Å²) in [5, 5.41) is 0. The van der Waals surface area contributed by atoms with E-state index in [4.69, 9.17) is 4.74 Å². The molecule has 0 radical (unpaired) electrons. The van der Waals surface area contributed by atoms with E-state index in [1.54, 1.807) is 0 Å². The van der Waals surface area contributed by atoms with Gasteiger partial charge in [-0.25, -0.2) is 4.79 Å². The van der Waals surface area contributed by atoms with Crippen LogP contribution in [0.3, 0.4) is 0 Å². The molecular weight excluding hydrogens is 382 g/mol. The van der Waals surface area contributed by atoms with Crippen LogP contribution in [0, 0.1) is 6.92 Å². The maximum Gasteiger partial charge on any atom is 0.411 e. The third-order valence-electron chi connectivity index (χ3n) is 7.79. The molecule has 2 atom stereocenters. The number of rotatable bonds is 1. The minimum atomic E-state index is -0.456. The monoisotopic (exact) mass is 423 g/mol. The van der Waals surface area contributed by atoms with Crippen molar-refractivity contribution >= 4 is 11.7 Å². The Morgan fingerprint density at radius 1 is 1.03 bits per heavy atom. The van der Waals surface area contributed by atoms with Crippen molar-refractivity contribution in [2.75, 3.05) is 0 Å². The van der Waals surface area contributed by atoms with Crippen LogP contribution in [-0.4, -0.2) is 28.7 Å². The first-order valence-electron chi connectivity index (χ1n) is 12.2. The summed E-state index contributed by atoms with van der Waals surface area (Å²) in [6.45, 7) is 17.7. The van der Waals surface area contributed by atoms with Gasteiger partial charge in [-0.1, -0.05) is 45.9 Å². The Morgan fingerprint density at radius 2 is 1.65 bits per heavy atom. The molecule has 1 aromatic carbocycles. The normalized spacial score (nSPS) is 26.7. The topological polar surface area (TPSA) is 29.5 Å². The average molecular weight is 424 g/mol. The van der Waals surface area contributed by atoms with Gasteiger partial charge in [0.1, 0.15) is 5.60 Å². The smallest absolute Gasteiger partial charge is 0.411 e. The number of benzene rings is 1. The summed E-state index contributed by atoms with van der Waals surface area (Å²) in [5.74, 6) is 0. The molecule has 3 aliphatic rings. The molecule has 0 spiro atoms. The number of nitrogens with zero attached hydrogens (tertiary/aromatic N) is 1. The summed E-state index contributed by atoms with van der Waals surface area (Å²) < 4.78 is 5.76. The van der Waals surface area contributed by atoms with Gasteiger partial charge in [-0.3, -0.25) is 4.90 Å². The molecule has 31 heavy (non-hydrogen) atoms. The second kappa shape index (κ2) is 7.39. The number of hydrogen-bond donors (Lipinski definition) is 0. The maximum absolute atomic E-state index is 13.0. The summed E-state index contributed by atoms with van der Waals surface area (Å²) in [5.41, 5.74) is 7.23. The van der Waals surface area contributed by atoms with Crippen LogP contribution >= 0.6 is 0 Å². The highest BCUT2D eigenvalue weighted by Gasteiger charge is 2.41. The Kier molecular flexibility index (Phi) is 5.34. The second-order valence-corrected chi connectivity index (χ2v) is 12.4. The van der Waals surface area contributed by atoms with Gasteiger partial charge < -0.3 is 4.74 Å². The Morgan fingerprint density at radius 3 is 2.23 bits per heavy atom. The summed E-state index contributed by atoms with van der Waals surface area (Å²) >= 11 is 0. The number of hydrogen-bond acceptors (Lipinski definition) is 2. The van der Waals surface area contributed by atoms with E-state index in [9.17, 15) is 4.79 Å². The van der Waals surface area contributed by atoms with E-state index in [2.05, 4.69) is 52.8 Å². The van der Waals surface area contributed by atoms with Crippen LogP contribution in [0.25, 0.3) is 5.57 Å². The van der Waals surface area contributed by atoms with Crippen molar-refractivity contribution in [1.29, 1.82) is 0 Å². The van der Waals surface area contributed by atoms with Crippen LogP contribution in [0.2, 0.25) is 0 Å². The summed E-state index contributed by atoms with van der Waals surface area (Å²) in [4.78, 5) is 15.0. The molecule has 170 valence electrons. The number of carbonyl (C=O) groups is 1. The van der Waals surface area contributed by atoms with Crippen molar-refractivity contribution < 1.29 is 9.53 Å². The molecule has 3 nitrogen and oxygen atoms in total. The van der Waals surface area contributed by atoms with E-state index in [0.717, 1.165) is 19.3 Å². The molecule has 1 aliphatic carbocycles. The molecular formula is C28H41NO2. The number of ether oxygens (including phenoxy) is 1. The average Bonchev–Trinajstić information content (AvgIpc) is 2.63. The van der Waals surface area contributed by atoms with Gasteiger partial charge in [0.05, 0.1) is 6.04 Å². The van der Waals surface area contributed by atoms with Crippen molar-refractivity contribution in [3.05, 3.63) is 40.5 Å². The van der Waals surface area contributed by atoms with Gasteiger partial charge in [-0.2, -0.15) is 0 Å². The first-order chi connectivity index (χ1) is 14.3. The molecule has 2 bridgehead atoms. The molecule has 2 aliphatic heterocycles. The van der Waals surface area contributed by atoms with Crippen LogP contribution in [0.4, 0.5) is 4.79 Å². The Labute approximate surface area is 189 Å². The first kappa shape index (κ1) is 22.4. The quantitative estimate of drug-likeness (QED) is 0.474. The molecule has 1 saturated heterocycles. The number of carbonyl (C=O) groups excluding carboxylic acids is 1. The van der Waals surface area contributed by atoms with E-state index in [0.29, 0.717) is 0 Å². The van der Waals surface area contributed by atoms with E-state index < -0.39 is 5.60 Å². The third kappa shape index (κ3) is 4.17. The highest BCUT2D eigenvalue weighted by atomic mass is 16.6. The third-order valence-corrected chi connectivity index (χ3v) is 7.79. The maximum atomic E-state index is 13.0. The van der Waals surface area contributed by atoms with Crippen LogP contribution in [0.15, 0.2) is 18.2 Å². The molecule has 2 heterocycles. The van der Waals surface area contributed by atoms with Crippen molar-refractivity contribution in [1.82, 2.24) is 4.90 Å². The zero-order valence-corrected chi connectivity index (χ0v) is 20.9. The van der Waals surface area contributed by atoms with E-state index in [1.807, 2.05) is 25.7 Å². The lowest BCUT2D eigenvalue weighted by Gasteiger charge is -2.46. The molecule has 0 aromatic heterocycles. The van der Waals surface area contributed by atoms with Gasteiger partial charge in [0.15, 0.2) is 0 Å². The Bertz CT molecular complexity index is 916. The lowest BCUT2D eigenvalue weighted by molar-refractivity contribution is 0.0000831. The van der Waals surface area contributed by atoms with E-state index in [1.165, 1.54) is 47.1 Å². The van der Waals surface area contributed by atoms with Crippen LogP contribution in [0.5, 0.6) is 0 Å². The zero-order chi connectivity index (χ0) is 22.8. The first-order valence-corrected chi connectivity index (χ1v) is 12.2. The largest absolute Gasteiger partial charge is 0.444 e. The molecule has 1 amide bonds. The van der Waals surface area contributed by atoms with Crippen LogP contribution in [-0.2, 0) is 15.6 Å². The van der Waals surface area contributed by atoms with Gasteiger partial charge in [0.25, 0.3) is 0 Å². The lowest BCUT2D eigenvalue weighted by atomic mass is 9.62. The molecule has 0 N–H and O–H groups in total. The minimum absolute atomic E-state index is 0.150. The van der Waals surface area contributed by atoms with Gasteiger partial charge in [-0.05, 0) is 105 Å². The van der Waals surface area contributed by atoms with Crippen molar-refractivity contribution in [2.24, 2.45) is 0 Å². The fourth-order valence-electron chi connectivity index (χ4n) is 5.90. The van der Waals surface area contributed by atoms with Gasteiger partial charge in [0.2, 0.25) is 0 Å². The Balaban J connectivity index is 1.72. The predicted molar refractivity (Wildman–Crippen MR) is 129 cm³/mol. The fourth-order valence-corrected chi connectivity index (χ4v) is 5.90. The summed E-state index contributed by atoms with van der Waals surface area (Å²) in [7, 11) is 0. The standard InChI is InChI=1S/C28H41NO2/c1-18-14-23-24(28(7,8)13-12-27(23,5)6)17-22(18)19-15-20-10-9-11-21(16-19)29(20)25(30)31-26(2,3)4/h14-15,17,20-21H,9-13,16H2,1-8H3. The molecule has 1 fully saturated rings. The van der Waals surface area contributed by atoms with Crippen LogP contribution < -0.4 is 0 Å². The highest BCUT2D eigenvalue weighted by Crippen LogP contribution is 2.48. The van der Waals surface area contributed by atoms with Crippen molar-refractivity contribution in [3.8, 4) is 0 Å². The number of piperidine rings is 1. The Hall–Kier alpha value is -1.77. The fraction of sp³-hybridized carbons (Fsp3) is 0.679. The second-order valence-electron chi connectivity index (χ2n) is 12.4. The molecule has 2 unspecified atom stereocenters. The molecule has 3 heteroatoms. The number of amides is 1. The van der Waals surface area contributed by atoms with E-state index >= 15 is 0 Å². The lowest BCUT2D eigenvalue weighted by Crippen LogP contribution is -2.53. The van der Waals surface area contributed by atoms with Gasteiger partial charge >= 0.3 is 6.09 Å². The van der Waals surface area contributed by atoms with Crippen molar-refractivity contribution in [3.63, 3.8) is 0 Å². The molecule has 4 rings (SSSR count). The van der Waals surface area contributed by atoms with E-state index in [-0.39, 0.29) is 29.0 Å². The SMILES string of the molecule is Cc1cc2c(cc1C1=CC3CCCC(C1)N3C(=O)OC(C)(C)C)C(C)(C)CCC2(C)C. The van der Waals surface area contributed by atoms with Crippen LogP contribution in [0.1, 0.15) is 109 Å².